The highest BCUT2D eigenvalue weighted by Crippen LogP contribution is 2.39. The van der Waals surface area contributed by atoms with Crippen LogP contribution in [0.5, 0.6) is 0 Å². The van der Waals surface area contributed by atoms with Crippen molar-refractivity contribution in [3.63, 3.8) is 0 Å². The van der Waals surface area contributed by atoms with Crippen LogP contribution in [0, 0.1) is 6.92 Å². The van der Waals surface area contributed by atoms with Gasteiger partial charge in [-0.1, -0.05) is 12.1 Å². The van der Waals surface area contributed by atoms with Gasteiger partial charge in [0.15, 0.2) is 9.84 Å². The summed E-state index contributed by atoms with van der Waals surface area (Å²) in [4.78, 5) is 24.1. The maximum atomic E-state index is 13.5. The van der Waals surface area contributed by atoms with E-state index in [-0.39, 0.29) is 17.2 Å². The Balaban J connectivity index is 1.51. The van der Waals surface area contributed by atoms with Gasteiger partial charge in [-0.15, -0.1) is 0 Å². The molecule has 2 N–H and O–H groups in total. The van der Waals surface area contributed by atoms with Gasteiger partial charge in [0.2, 0.25) is 0 Å². The summed E-state index contributed by atoms with van der Waals surface area (Å²) < 4.78 is 26.0. The number of H-pyrrole nitrogens is 1. The molecule has 0 spiro atoms. The predicted octanol–water partition coefficient (Wildman–Crippen LogP) is 4.45. The molecule has 0 bridgehead atoms. The smallest absolute Gasteiger partial charge is 0.251 e. The second-order valence-corrected chi connectivity index (χ2v) is 12.4. The number of pyridine rings is 1. The Hall–Kier alpha value is -3.23. The SMILES string of the molecule is Cc1c(C(=O)NC2CCN(C)CC2)cc(-c2cccc(S(=O)(=O)C3CC3)c2)c2c1[nH]c1ncccc12. The van der Waals surface area contributed by atoms with Gasteiger partial charge in [-0.3, -0.25) is 4.79 Å². The van der Waals surface area contributed by atoms with Crippen LogP contribution in [0.25, 0.3) is 33.1 Å². The normalized spacial score (nSPS) is 17.6. The van der Waals surface area contributed by atoms with Crippen molar-refractivity contribution in [3.8, 4) is 11.1 Å². The molecule has 7 nitrogen and oxygen atoms in total. The minimum Gasteiger partial charge on any atom is -0.349 e. The van der Waals surface area contributed by atoms with E-state index in [9.17, 15) is 13.2 Å². The fourth-order valence-electron chi connectivity index (χ4n) is 5.33. The van der Waals surface area contributed by atoms with E-state index < -0.39 is 9.84 Å². The molecule has 0 radical (unpaired) electrons. The Morgan fingerprint density at radius 2 is 1.86 bits per heavy atom. The maximum Gasteiger partial charge on any atom is 0.251 e. The number of fused-ring (bicyclic) bond motifs is 3. The number of rotatable bonds is 5. The van der Waals surface area contributed by atoms with Crippen LogP contribution in [0.15, 0.2) is 53.6 Å². The van der Waals surface area contributed by atoms with Crippen molar-refractivity contribution in [2.24, 2.45) is 0 Å². The first-order valence-corrected chi connectivity index (χ1v) is 14.1. The number of piperidine rings is 1. The van der Waals surface area contributed by atoms with Crippen LogP contribution >= 0.6 is 0 Å². The van der Waals surface area contributed by atoms with Crippen LogP contribution in [0.3, 0.4) is 0 Å². The molecular formula is C28H30N4O3S. The first-order valence-electron chi connectivity index (χ1n) is 12.6. The zero-order chi connectivity index (χ0) is 25.0. The number of nitrogens with one attached hydrogen (secondary N) is 2. The van der Waals surface area contributed by atoms with E-state index >= 15 is 0 Å². The summed E-state index contributed by atoms with van der Waals surface area (Å²) in [5, 5.41) is 4.86. The molecule has 6 rings (SSSR count). The Kier molecular flexibility index (Phi) is 5.61. The molecule has 0 unspecified atom stereocenters. The van der Waals surface area contributed by atoms with Crippen molar-refractivity contribution >= 4 is 37.7 Å². The molecule has 0 atom stereocenters. The first kappa shape index (κ1) is 23.2. The average Bonchev–Trinajstić information content (AvgIpc) is 3.67. The summed E-state index contributed by atoms with van der Waals surface area (Å²) in [5.41, 5.74) is 4.66. The molecule has 1 saturated heterocycles. The topological polar surface area (TPSA) is 95.2 Å². The molecule has 36 heavy (non-hydrogen) atoms. The Labute approximate surface area is 210 Å². The summed E-state index contributed by atoms with van der Waals surface area (Å²) in [7, 11) is -1.24. The number of aromatic nitrogens is 2. The third kappa shape index (κ3) is 3.98. The molecule has 1 saturated carbocycles. The molecule has 4 aromatic rings. The number of hydrogen-bond acceptors (Lipinski definition) is 5. The quantitative estimate of drug-likeness (QED) is 0.420. The van der Waals surface area contributed by atoms with Gasteiger partial charge in [0.05, 0.1) is 15.7 Å². The van der Waals surface area contributed by atoms with Gasteiger partial charge in [-0.25, -0.2) is 13.4 Å². The number of aryl methyl sites for hydroxylation is 1. The third-order valence-corrected chi connectivity index (χ3v) is 9.90. The molecule has 8 heteroatoms. The highest BCUT2D eigenvalue weighted by atomic mass is 32.2. The van der Waals surface area contributed by atoms with Crippen LogP contribution in [-0.2, 0) is 9.84 Å². The molecule has 1 aliphatic heterocycles. The highest BCUT2D eigenvalue weighted by molar-refractivity contribution is 7.92. The van der Waals surface area contributed by atoms with Crippen molar-refractivity contribution < 1.29 is 13.2 Å². The molecule has 2 aromatic heterocycles. The van der Waals surface area contributed by atoms with Crippen LogP contribution in [-0.4, -0.2) is 60.6 Å². The molecule has 186 valence electrons. The van der Waals surface area contributed by atoms with Crippen LogP contribution < -0.4 is 5.32 Å². The average molecular weight is 503 g/mol. The molecule has 2 aliphatic rings. The number of carbonyl (C=O) groups excluding carboxylic acids is 1. The van der Waals surface area contributed by atoms with Crippen molar-refractivity contribution in [2.45, 2.75) is 48.8 Å². The minimum absolute atomic E-state index is 0.0985. The number of likely N-dealkylation sites (tertiary alicyclic amines) is 1. The fourth-order valence-corrected chi connectivity index (χ4v) is 7.03. The van der Waals surface area contributed by atoms with E-state index in [0.717, 1.165) is 77.4 Å². The van der Waals surface area contributed by atoms with Gasteiger partial charge in [-0.05, 0) is 99.8 Å². The van der Waals surface area contributed by atoms with Gasteiger partial charge in [0.1, 0.15) is 5.65 Å². The van der Waals surface area contributed by atoms with E-state index in [2.05, 4.69) is 27.2 Å². The van der Waals surface area contributed by atoms with Crippen LogP contribution in [0.1, 0.15) is 41.6 Å². The van der Waals surface area contributed by atoms with Gasteiger partial charge >= 0.3 is 0 Å². The van der Waals surface area contributed by atoms with Gasteiger partial charge in [0, 0.05) is 28.6 Å². The first-order chi connectivity index (χ1) is 17.3. The van der Waals surface area contributed by atoms with Gasteiger partial charge in [-0.2, -0.15) is 0 Å². The van der Waals surface area contributed by atoms with Crippen molar-refractivity contribution in [1.82, 2.24) is 20.2 Å². The maximum absolute atomic E-state index is 13.5. The van der Waals surface area contributed by atoms with Crippen LogP contribution in [0.4, 0.5) is 0 Å². The lowest BCUT2D eigenvalue weighted by atomic mass is 9.93. The number of aromatic amines is 1. The Morgan fingerprint density at radius 1 is 1.08 bits per heavy atom. The van der Waals surface area contributed by atoms with Crippen molar-refractivity contribution in [1.29, 1.82) is 0 Å². The molecular weight excluding hydrogens is 472 g/mol. The van der Waals surface area contributed by atoms with Gasteiger partial charge < -0.3 is 15.2 Å². The summed E-state index contributed by atoms with van der Waals surface area (Å²) >= 11 is 0. The zero-order valence-corrected chi connectivity index (χ0v) is 21.4. The molecule has 3 heterocycles. The number of sulfone groups is 1. The zero-order valence-electron chi connectivity index (χ0n) is 20.5. The van der Waals surface area contributed by atoms with E-state index in [1.165, 1.54) is 0 Å². The number of carbonyl (C=O) groups is 1. The van der Waals surface area contributed by atoms with E-state index in [4.69, 9.17) is 0 Å². The molecule has 2 aromatic carbocycles. The summed E-state index contributed by atoms with van der Waals surface area (Å²) in [6.07, 6.45) is 5.03. The lowest BCUT2D eigenvalue weighted by Crippen LogP contribution is -2.43. The third-order valence-electron chi connectivity index (χ3n) is 7.64. The predicted molar refractivity (Wildman–Crippen MR) is 142 cm³/mol. The second-order valence-electron chi connectivity index (χ2n) is 10.2. The largest absolute Gasteiger partial charge is 0.349 e. The summed E-state index contributed by atoms with van der Waals surface area (Å²) in [6, 6.07) is 13.1. The lowest BCUT2D eigenvalue weighted by Gasteiger charge is -2.29. The minimum atomic E-state index is -3.34. The monoisotopic (exact) mass is 502 g/mol. The number of hydrogen-bond donors (Lipinski definition) is 2. The molecule has 1 amide bonds. The van der Waals surface area contributed by atoms with E-state index in [1.54, 1.807) is 24.4 Å². The summed E-state index contributed by atoms with van der Waals surface area (Å²) in [6.45, 7) is 3.88. The van der Waals surface area contributed by atoms with E-state index in [1.807, 2.05) is 31.2 Å². The standard InChI is InChI=1S/C28H30N4O3S/c1-17-23(28(33)30-19-10-13-32(2)14-11-19)16-24(25-22-7-4-12-29-27(22)31-26(17)25)18-5-3-6-21(15-18)36(34,35)20-8-9-20/h3-7,12,15-16,19-20H,8-11,13-14H2,1-2H3,(H,29,31)(H,30,33). The van der Waals surface area contributed by atoms with Crippen LogP contribution in [0.2, 0.25) is 0 Å². The molecule has 2 fully saturated rings. The fraction of sp³-hybridized carbons (Fsp3) is 0.357. The molecule has 1 aliphatic carbocycles. The lowest BCUT2D eigenvalue weighted by molar-refractivity contribution is 0.0916. The number of nitrogens with zero attached hydrogens (tertiary/aromatic N) is 2. The second kappa shape index (κ2) is 8.71. The van der Waals surface area contributed by atoms with E-state index in [0.29, 0.717) is 10.5 Å². The van der Waals surface area contributed by atoms with Crippen molar-refractivity contribution in [3.05, 3.63) is 59.8 Å². The summed E-state index contributed by atoms with van der Waals surface area (Å²) in [5.74, 6) is -0.0985. The number of amides is 1. The number of benzene rings is 2. The Morgan fingerprint density at radius 3 is 2.61 bits per heavy atom. The van der Waals surface area contributed by atoms with Gasteiger partial charge in [0.25, 0.3) is 5.91 Å². The Bertz CT molecular complexity index is 1600. The highest BCUT2D eigenvalue weighted by Gasteiger charge is 2.37. The van der Waals surface area contributed by atoms with Crippen molar-refractivity contribution in [2.75, 3.05) is 20.1 Å².